The first-order chi connectivity index (χ1) is 18.5. The number of aromatic nitrogens is 2. The van der Waals surface area contributed by atoms with Crippen molar-refractivity contribution in [3.63, 3.8) is 0 Å². The van der Waals surface area contributed by atoms with Crippen molar-refractivity contribution in [3.8, 4) is 22.9 Å². The van der Waals surface area contributed by atoms with Crippen LogP contribution in [-0.2, 0) is 4.74 Å². The largest absolute Gasteiger partial charge is 0.497 e. The second-order valence-corrected chi connectivity index (χ2v) is 8.90. The van der Waals surface area contributed by atoms with E-state index in [4.69, 9.17) is 25.8 Å². The molecule has 10 heteroatoms. The molecule has 1 aromatic heterocycles. The van der Waals surface area contributed by atoms with E-state index >= 15 is 0 Å². The minimum atomic E-state index is -0.424. The Labute approximate surface area is 224 Å². The van der Waals surface area contributed by atoms with E-state index in [1.165, 1.54) is 10.9 Å². The zero-order valence-corrected chi connectivity index (χ0v) is 21.4. The lowest BCUT2D eigenvalue weighted by Crippen LogP contribution is -2.40. The number of carbonyl (C=O) groups excluding carboxylic acids is 1. The third-order valence-electron chi connectivity index (χ3n) is 6.00. The molecule has 0 spiro atoms. The summed E-state index contributed by atoms with van der Waals surface area (Å²) in [5.74, 6) is 1.36. The highest BCUT2D eigenvalue weighted by molar-refractivity contribution is 6.30. The smallest absolute Gasteiger partial charge is 0.299 e. The highest BCUT2D eigenvalue weighted by atomic mass is 35.5. The van der Waals surface area contributed by atoms with E-state index < -0.39 is 5.56 Å². The van der Waals surface area contributed by atoms with Gasteiger partial charge in [0.1, 0.15) is 11.5 Å². The SMILES string of the molecule is COc1ccc(Oc2cnn(-c3ccc(Cl)cc3)c(=O)c2Nc2ccc(C(=O)N3CCOCC3)cc2)cc1. The van der Waals surface area contributed by atoms with Crippen LogP contribution in [0.25, 0.3) is 5.69 Å². The van der Waals surface area contributed by atoms with Gasteiger partial charge in [-0.1, -0.05) is 11.6 Å². The van der Waals surface area contributed by atoms with Crippen LogP contribution in [0.2, 0.25) is 5.02 Å². The number of hydrogen-bond acceptors (Lipinski definition) is 7. The maximum atomic E-state index is 13.6. The molecule has 0 saturated carbocycles. The van der Waals surface area contributed by atoms with Crippen LogP contribution in [-0.4, -0.2) is 54.0 Å². The van der Waals surface area contributed by atoms with Gasteiger partial charge in [0.15, 0.2) is 11.4 Å². The zero-order chi connectivity index (χ0) is 26.5. The van der Waals surface area contributed by atoms with Gasteiger partial charge in [0.2, 0.25) is 0 Å². The average Bonchev–Trinajstić information content (AvgIpc) is 2.96. The normalized spacial score (nSPS) is 13.2. The van der Waals surface area contributed by atoms with Gasteiger partial charge in [-0.2, -0.15) is 9.78 Å². The molecule has 0 unspecified atom stereocenters. The summed E-state index contributed by atoms with van der Waals surface area (Å²) in [4.78, 5) is 28.2. The molecule has 0 radical (unpaired) electrons. The van der Waals surface area contributed by atoms with Crippen LogP contribution in [0, 0.1) is 0 Å². The molecular weight excluding hydrogens is 508 g/mol. The van der Waals surface area contributed by atoms with E-state index in [1.807, 2.05) is 0 Å². The number of amides is 1. The molecule has 1 fully saturated rings. The highest BCUT2D eigenvalue weighted by Gasteiger charge is 2.19. The van der Waals surface area contributed by atoms with Crippen LogP contribution in [0.15, 0.2) is 83.8 Å². The number of anilines is 2. The van der Waals surface area contributed by atoms with Crippen LogP contribution in [0.3, 0.4) is 0 Å². The Bertz CT molecular complexity index is 1470. The molecule has 0 aliphatic carbocycles. The molecular formula is C28H25ClN4O5. The summed E-state index contributed by atoms with van der Waals surface area (Å²) >= 11 is 6.02. The highest BCUT2D eigenvalue weighted by Crippen LogP contribution is 2.30. The minimum absolute atomic E-state index is 0.0580. The first-order valence-corrected chi connectivity index (χ1v) is 12.3. The number of rotatable bonds is 7. The number of ether oxygens (including phenoxy) is 3. The summed E-state index contributed by atoms with van der Waals surface area (Å²) in [6.07, 6.45) is 1.47. The van der Waals surface area contributed by atoms with Crippen LogP contribution in [0.1, 0.15) is 10.4 Å². The topological polar surface area (TPSA) is 94.9 Å². The van der Waals surface area contributed by atoms with Crippen LogP contribution in [0.4, 0.5) is 11.4 Å². The quantitative estimate of drug-likeness (QED) is 0.361. The first-order valence-electron chi connectivity index (χ1n) is 12.0. The molecule has 1 aliphatic rings. The van der Waals surface area contributed by atoms with Crippen molar-refractivity contribution in [1.82, 2.24) is 14.7 Å². The molecule has 3 aromatic carbocycles. The average molecular weight is 533 g/mol. The van der Waals surface area contributed by atoms with Crippen molar-refractivity contribution in [2.75, 3.05) is 38.7 Å². The maximum absolute atomic E-state index is 13.6. The van der Waals surface area contributed by atoms with E-state index in [-0.39, 0.29) is 17.3 Å². The summed E-state index contributed by atoms with van der Waals surface area (Å²) in [5.41, 5.74) is 1.46. The summed E-state index contributed by atoms with van der Waals surface area (Å²) in [5, 5.41) is 8.01. The second kappa shape index (κ2) is 11.4. The molecule has 1 N–H and O–H groups in total. The fourth-order valence-corrected chi connectivity index (χ4v) is 4.08. The lowest BCUT2D eigenvalue weighted by atomic mass is 10.1. The van der Waals surface area contributed by atoms with E-state index in [9.17, 15) is 9.59 Å². The van der Waals surface area contributed by atoms with Crippen molar-refractivity contribution < 1.29 is 19.0 Å². The number of hydrogen-bond donors (Lipinski definition) is 1. The van der Waals surface area contributed by atoms with E-state index in [0.717, 1.165) is 0 Å². The number of nitrogens with one attached hydrogen (secondary N) is 1. The number of morpholine rings is 1. The summed E-state index contributed by atoms with van der Waals surface area (Å²) in [7, 11) is 1.58. The Morgan fingerprint density at radius 3 is 2.26 bits per heavy atom. The Morgan fingerprint density at radius 2 is 1.61 bits per heavy atom. The van der Waals surface area contributed by atoms with Crippen molar-refractivity contribution in [3.05, 3.63) is 99.9 Å². The summed E-state index contributed by atoms with van der Waals surface area (Å²) < 4.78 is 17.8. The molecule has 1 amide bonds. The monoisotopic (exact) mass is 532 g/mol. The summed E-state index contributed by atoms with van der Waals surface area (Å²) in [6.45, 7) is 2.19. The Kier molecular flexibility index (Phi) is 7.57. The van der Waals surface area contributed by atoms with Crippen LogP contribution in [0.5, 0.6) is 17.2 Å². The van der Waals surface area contributed by atoms with Gasteiger partial charge in [-0.25, -0.2) is 0 Å². The first kappa shape index (κ1) is 25.3. The molecule has 1 saturated heterocycles. The third kappa shape index (κ3) is 5.64. The fraction of sp³-hybridized carbons (Fsp3) is 0.179. The molecule has 38 heavy (non-hydrogen) atoms. The third-order valence-corrected chi connectivity index (χ3v) is 6.25. The Balaban J connectivity index is 1.46. The van der Waals surface area contributed by atoms with Crippen molar-refractivity contribution in [2.24, 2.45) is 0 Å². The molecule has 4 aromatic rings. The van der Waals surface area contributed by atoms with Gasteiger partial charge in [-0.15, -0.1) is 0 Å². The van der Waals surface area contributed by atoms with Gasteiger partial charge >= 0.3 is 0 Å². The van der Waals surface area contributed by atoms with E-state index in [0.29, 0.717) is 59.8 Å². The van der Waals surface area contributed by atoms with Crippen LogP contribution >= 0.6 is 11.6 Å². The van der Waals surface area contributed by atoms with Gasteiger partial charge in [0.05, 0.1) is 32.2 Å². The summed E-state index contributed by atoms with van der Waals surface area (Å²) in [6, 6.07) is 20.7. The predicted molar refractivity (Wildman–Crippen MR) is 144 cm³/mol. The van der Waals surface area contributed by atoms with Crippen molar-refractivity contribution in [1.29, 1.82) is 0 Å². The van der Waals surface area contributed by atoms with Crippen molar-refractivity contribution in [2.45, 2.75) is 0 Å². The number of nitrogens with zero attached hydrogens (tertiary/aromatic N) is 3. The lowest BCUT2D eigenvalue weighted by Gasteiger charge is -2.26. The Morgan fingerprint density at radius 1 is 0.947 bits per heavy atom. The number of halogens is 1. The second-order valence-electron chi connectivity index (χ2n) is 8.46. The molecule has 5 rings (SSSR count). The molecule has 9 nitrogen and oxygen atoms in total. The molecule has 0 bridgehead atoms. The molecule has 194 valence electrons. The van der Waals surface area contributed by atoms with Gasteiger partial charge in [-0.3, -0.25) is 9.59 Å². The van der Waals surface area contributed by atoms with Crippen LogP contribution < -0.4 is 20.3 Å². The van der Waals surface area contributed by atoms with Gasteiger partial charge in [0.25, 0.3) is 11.5 Å². The van der Waals surface area contributed by atoms with Gasteiger partial charge < -0.3 is 24.4 Å². The van der Waals surface area contributed by atoms with E-state index in [1.54, 1.807) is 84.8 Å². The van der Waals surface area contributed by atoms with E-state index in [2.05, 4.69) is 10.4 Å². The molecule has 0 atom stereocenters. The standard InChI is InChI=1S/C28H25ClN4O5/c1-36-23-10-12-24(13-11-23)38-25-18-30-33(22-8-4-20(29)5-9-22)28(35)26(25)31-21-6-2-19(3-7-21)27(34)32-14-16-37-17-15-32/h2-13,18,31H,14-17H2,1H3. The number of methoxy groups -OCH3 is 1. The Hall–Kier alpha value is -4.34. The number of carbonyl (C=O) groups is 1. The zero-order valence-electron chi connectivity index (χ0n) is 20.6. The predicted octanol–water partition coefficient (Wildman–Crippen LogP) is 4.90. The lowest BCUT2D eigenvalue weighted by molar-refractivity contribution is 0.0303. The van der Waals surface area contributed by atoms with Crippen molar-refractivity contribution >= 4 is 28.9 Å². The fourth-order valence-electron chi connectivity index (χ4n) is 3.96. The maximum Gasteiger partial charge on any atom is 0.299 e. The van der Waals surface area contributed by atoms with Gasteiger partial charge in [-0.05, 0) is 72.8 Å². The van der Waals surface area contributed by atoms with Gasteiger partial charge in [0, 0.05) is 29.4 Å². The minimum Gasteiger partial charge on any atom is -0.497 e. The number of benzene rings is 3. The molecule has 1 aliphatic heterocycles. The molecule has 2 heterocycles.